The molecule has 3 nitrogen and oxygen atoms in total. The van der Waals surface area contributed by atoms with Crippen LogP contribution in [0, 0.1) is 0 Å². The lowest BCUT2D eigenvalue weighted by Gasteiger charge is -2.01. The van der Waals surface area contributed by atoms with Crippen molar-refractivity contribution >= 4 is 50.3 Å². The summed E-state index contributed by atoms with van der Waals surface area (Å²) in [5.74, 6) is 0. The molecule has 0 amide bonds. The fourth-order valence-corrected chi connectivity index (χ4v) is 3.81. The second-order valence-electron chi connectivity index (χ2n) is 3.51. The number of halogens is 1. The lowest BCUT2D eigenvalue weighted by Crippen LogP contribution is -1.88. The van der Waals surface area contributed by atoms with E-state index < -0.39 is 0 Å². The number of aromatic nitrogens is 2. The van der Waals surface area contributed by atoms with Crippen molar-refractivity contribution in [1.82, 2.24) is 9.38 Å². The van der Waals surface area contributed by atoms with Gasteiger partial charge < -0.3 is 0 Å². The Morgan fingerprint density at radius 3 is 3.00 bits per heavy atom. The Bertz CT molecular complexity index is 720. The first-order chi connectivity index (χ1) is 8.79. The van der Waals surface area contributed by atoms with Crippen LogP contribution in [0.3, 0.4) is 0 Å². The molecule has 0 N–H and O–H groups in total. The predicted octanol–water partition coefficient (Wildman–Crippen LogP) is 4.12. The summed E-state index contributed by atoms with van der Waals surface area (Å²) in [4.78, 5) is 17.6. The molecule has 90 valence electrons. The summed E-state index contributed by atoms with van der Waals surface area (Å²) < 4.78 is 2.82. The number of imidazole rings is 1. The molecule has 2 aromatic heterocycles. The molecule has 0 aliphatic rings. The minimum Gasteiger partial charge on any atom is -0.296 e. The lowest BCUT2D eigenvalue weighted by molar-refractivity contribution is 0.111. The molecular weight excluding hydrogens is 332 g/mol. The van der Waals surface area contributed by atoms with E-state index in [9.17, 15) is 4.79 Å². The predicted molar refractivity (Wildman–Crippen MR) is 76.7 cm³/mol. The van der Waals surface area contributed by atoms with Gasteiger partial charge in [0.05, 0.1) is 0 Å². The van der Waals surface area contributed by atoms with E-state index in [1.165, 1.54) is 23.1 Å². The maximum Gasteiger partial charge on any atom is 0.195 e. The first-order valence-electron chi connectivity index (χ1n) is 5.12. The van der Waals surface area contributed by atoms with Crippen LogP contribution >= 0.6 is 39.0 Å². The van der Waals surface area contributed by atoms with Crippen molar-refractivity contribution in [2.24, 2.45) is 0 Å². The summed E-state index contributed by atoms with van der Waals surface area (Å²) in [7, 11) is 0. The molecule has 0 saturated heterocycles. The Hall–Kier alpha value is -1.11. The van der Waals surface area contributed by atoms with Crippen LogP contribution in [0.25, 0.3) is 4.96 Å². The first kappa shape index (κ1) is 12.0. The molecule has 0 unspecified atom stereocenters. The average molecular weight is 339 g/mol. The highest BCUT2D eigenvalue weighted by atomic mass is 79.9. The second kappa shape index (κ2) is 4.87. The monoisotopic (exact) mass is 338 g/mol. The van der Waals surface area contributed by atoms with Crippen molar-refractivity contribution in [1.29, 1.82) is 0 Å². The van der Waals surface area contributed by atoms with Crippen LogP contribution in [0.15, 0.2) is 50.2 Å². The molecule has 3 rings (SSSR count). The van der Waals surface area contributed by atoms with Gasteiger partial charge in [-0.15, -0.1) is 11.3 Å². The first-order valence-corrected chi connectivity index (χ1v) is 7.61. The molecule has 0 fully saturated rings. The van der Waals surface area contributed by atoms with E-state index in [0.29, 0.717) is 5.69 Å². The molecule has 1 aromatic carbocycles. The van der Waals surface area contributed by atoms with Crippen LogP contribution in [0.1, 0.15) is 10.5 Å². The Balaban J connectivity index is 2.07. The topological polar surface area (TPSA) is 34.4 Å². The number of rotatable bonds is 3. The van der Waals surface area contributed by atoms with E-state index in [-0.39, 0.29) is 0 Å². The van der Waals surface area contributed by atoms with Crippen molar-refractivity contribution in [3.63, 3.8) is 0 Å². The molecule has 0 aliphatic heterocycles. The zero-order valence-corrected chi connectivity index (χ0v) is 12.3. The highest BCUT2D eigenvalue weighted by molar-refractivity contribution is 9.10. The summed E-state index contributed by atoms with van der Waals surface area (Å²) in [6.07, 6.45) is 2.72. The zero-order valence-electron chi connectivity index (χ0n) is 9.04. The quantitative estimate of drug-likeness (QED) is 0.673. The lowest BCUT2D eigenvalue weighted by atomic mass is 10.4. The van der Waals surface area contributed by atoms with Gasteiger partial charge in [0.25, 0.3) is 0 Å². The van der Waals surface area contributed by atoms with Crippen molar-refractivity contribution in [2.75, 3.05) is 0 Å². The van der Waals surface area contributed by atoms with Crippen LogP contribution in [0.2, 0.25) is 0 Å². The molecule has 0 aliphatic carbocycles. The van der Waals surface area contributed by atoms with Gasteiger partial charge in [0.1, 0.15) is 10.7 Å². The van der Waals surface area contributed by atoms with Crippen LogP contribution < -0.4 is 0 Å². The van der Waals surface area contributed by atoms with E-state index in [0.717, 1.165) is 25.6 Å². The third-order valence-corrected chi connectivity index (χ3v) is 5.20. The van der Waals surface area contributed by atoms with Crippen LogP contribution in [-0.4, -0.2) is 15.7 Å². The number of benzene rings is 1. The van der Waals surface area contributed by atoms with Gasteiger partial charge >= 0.3 is 0 Å². The van der Waals surface area contributed by atoms with Gasteiger partial charge in [-0.3, -0.25) is 9.20 Å². The molecular formula is C12H7BrN2OS2. The molecule has 0 saturated carbocycles. The van der Waals surface area contributed by atoms with Crippen molar-refractivity contribution in [2.45, 2.75) is 9.92 Å². The van der Waals surface area contributed by atoms with Gasteiger partial charge in [-0.25, -0.2) is 4.98 Å². The van der Waals surface area contributed by atoms with Gasteiger partial charge in [0.2, 0.25) is 0 Å². The fraction of sp³-hybridized carbons (Fsp3) is 0. The van der Waals surface area contributed by atoms with Crippen molar-refractivity contribution in [3.8, 4) is 0 Å². The fourth-order valence-electron chi connectivity index (χ4n) is 1.60. The number of thiazole rings is 1. The minimum atomic E-state index is 0.604. The molecule has 0 bridgehead atoms. The van der Waals surface area contributed by atoms with Crippen molar-refractivity contribution < 1.29 is 4.79 Å². The molecule has 2 heterocycles. The van der Waals surface area contributed by atoms with E-state index >= 15 is 0 Å². The normalized spacial score (nSPS) is 10.9. The van der Waals surface area contributed by atoms with Crippen LogP contribution in [-0.2, 0) is 0 Å². The SMILES string of the molecule is O=Cc1c(Sc2ccccc2Br)nc2sccn12. The number of carbonyl (C=O) groups excluding carboxylic acids is 1. The Morgan fingerprint density at radius 1 is 1.39 bits per heavy atom. The van der Waals surface area contributed by atoms with Gasteiger partial charge in [0, 0.05) is 20.9 Å². The van der Waals surface area contributed by atoms with E-state index in [1.54, 1.807) is 0 Å². The smallest absolute Gasteiger partial charge is 0.195 e. The molecule has 3 aromatic rings. The summed E-state index contributed by atoms with van der Waals surface area (Å²) in [6.45, 7) is 0. The number of nitrogens with zero attached hydrogens (tertiary/aromatic N) is 2. The summed E-state index contributed by atoms with van der Waals surface area (Å²) in [5.41, 5.74) is 0.604. The number of carbonyl (C=O) groups is 1. The summed E-state index contributed by atoms with van der Waals surface area (Å²) in [6, 6.07) is 7.89. The van der Waals surface area contributed by atoms with Gasteiger partial charge in [-0.05, 0) is 28.1 Å². The third-order valence-electron chi connectivity index (χ3n) is 2.42. The molecule has 0 radical (unpaired) electrons. The van der Waals surface area contributed by atoms with E-state index in [1.807, 2.05) is 40.2 Å². The molecule has 6 heteroatoms. The highest BCUT2D eigenvalue weighted by Crippen LogP contribution is 2.35. The van der Waals surface area contributed by atoms with Crippen molar-refractivity contribution in [3.05, 3.63) is 46.0 Å². The molecule has 0 atom stereocenters. The Kier molecular flexibility index (Phi) is 3.23. The highest BCUT2D eigenvalue weighted by Gasteiger charge is 2.14. The summed E-state index contributed by atoms with van der Waals surface area (Å²) >= 11 is 6.51. The summed E-state index contributed by atoms with van der Waals surface area (Å²) in [5, 5.41) is 2.66. The van der Waals surface area contributed by atoms with Gasteiger partial charge in [0.15, 0.2) is 11.2 Å². The number of fused-ring (bicyclic) bond motifs is 1. The number of aldehydes is 1. The average Bonchev–Trinajstić information content (AvgIpc) is 2.92. The van der Waals surface area contributed by atoms with Crippen LogP contribution in [0.5, 0.6) is 0 Å². The minimum absolute atomic E-state index is 0.604. The Morgan fingerprint density at radius 2 is 2.22 bits per heavy atom. The number of hydrogen-bond acceptors (Lipinski definition) is 4. The standard InChI is InChI=1S/C12H7BrN2OS2/c13-8-3-1-2-4-10(8)18-11-9(7-16)15-5-6-17-12(15)14-11/h1-7H. The van der Waals surface area contributed by atoms with Gasteiger partial charge in [-0.2, -0.15) is 0 Å². The zero-order chi connectivity index (χ0) is 12.5. The second-order valence-corrected chi connectivity index (χ2v) is 6.27. The molecule has 0 spiro atoms. The number of hydrogen-bond donors (Lipinski definition) is 0. The third kappa shape index (κ3) is 2.00. The van der Waals surface area contributed by atoms with Gasteiger partial charge in [-0.1, -0.05) is 23.9 Å². The van der Waals surface area contributed by atoms with Crippen LogP contribution in [0.4, 0.5) is 0 Å². The van der Waals surface area contributed by atoms with E-state index in [2.05, 4.69) is 20.9 Å². The Labute approximate surface area is 120 Å². The molecule has 18 heavy (non-hydrogen) atoms. The van der Waals surface area contributed by atoms with E-state index in [4.69, 9.17) is 0 Å². The largest absolute Gasteiger partial charge is 0.296 e. The maximum absolute atomic E-state index is 11.2. The maximum atomic E-state index is 11.2.